The van der Waals surface area contributed by atoms with E-state index in [1.807, 2.05) is 24.3 Å². The SMILES string of the molecule is COc1cccnc1Nc1cccc(CCCN)c1. The summed E-state index contributed by atoms with van der Waals surface area (Å²) in [7, 11) is 1.64. The Balaban J connectivity index is 2.14. The second-order valence-electron chi connectivity index (χ2n) is 4.27. The third kappa shape index (κ3) is 3.69. The molecule has 1 heterocycles. The van der Waals surface area contributed by atoms with Crippen LogP contribution in [0.15, 0.2) is 42.6 Å². The molecule has 0 saturated carbocycles. The second kappa shape index (κ2) is 6.75. The molecule has 0 aliphatic rings. The third-order valence-corrected chi connectivity index (χ3v) is 2.85. The molecule has 0 aliphatic heterocycles. The minimum atomic E-state index is 0.714. The minimum Gasteiger partial charge on any atom is -0.493 e. The van der Waals surface area contributed by atoms with E-state index in [4.69, 9.17) is 10.5 Å². The van der Waals surface area contributed by atoms with Crippen molar-refractivity contribution >= 4 is 11.5 Å². The number of hydrogen-bond donors (Lipinski definition) is 2. The number of hydrogen-bond acceptors (Lipinski definition) is 4. The van der Waals surface area contributed by atoms with Gasteiger partial charge in [-0.3, -0.25) is 0 Å². The predicted octanol–water partition coefficient (Wildman–Crippen LogP) is 2.73. The molecule has 0 radical (unpaired) electrons. The zero-order valence-corrected chi connectivity index (χ0v) is 11.1. The van der Waals surface area contributed by atoms with E-state index >= 15 is 0 Å². The summed E-state index contributed by atoms with van der Waals surface area (Å²) in [5.74, 6) is 1.45. The largest absolute Gasteiger partial charge is 0.493 e. The van der Waals surface area contributed by atoms with Gasteiger partial charge in [0.25, 0.3) is 0 Å². The Labute approximate surface area is 113 Å². The molecule has 0 saturated heterocycles. The molecule has 1 aromatic carbocycles. The Hall–Kier alpha value is -2.07. The zero-order chi connectivity index (χ0) is 13.5. The fraction of sp³-hybridized carbons (Fsp3) is 0.267. The molecule has 2 rings (SSSR count). The number of rotatable bonds is 6. The fourth-order valence-corrected chi connectivity index (χ4v) is 1.90. The van der Waals surface area contributed by atoms with Crippen molar-refractivity contribution in [3.8, 4) is 5.75 Å². The number of aryl methyl sites for hydroxylation is 1. The molecule has 4 nitrogen and oxygen atoms in total. The Morgan fingerprint density at radius 2 is 2.16 bits per heavy atom. The number of anilines is 2. The molecule has 0 bridgehead atoms. The summed E-state index contributed by atoms with van der Waals surface area (Å²) >= 11 is 0. The van der Waals surface area contributed by atoms with Gasteiger partial charge in [-0.25, -0.2) is 4.98 Å². The highest BCUT2D eigenvalue weighted by Crippen LogP contribution is 2.24. The first-order valence-electron chi connectivity index (χ1n) is 6.38. The van der Waals surface area contributed by atoms with Crippen LogP contribution in [0.3, 0.4) is 0 Å². The van der Waals surface area contributed by atoms with E-state index in [0.717, 1.165) is 30.1 Å². The lowest BCUT2D eigenvalue weighted by Gasteiger charge is -2.10. The van der Waals surface area contributed by atoms with Gasteiger partial charge in [0.1, 0.15) is 0 Å². The summed E-state index contributed by atoms with van der Waals surface area (Å²) in [5.41, 5.74) is 7.81. The normalized spacial score (nSPS) is 10.2. The molecule has 100 valence electrons. The van der Waals surface area contributed by atoms with Crippen molar-refractivity contribution in [3.05, 3.63) is 48.2 Å². The van der Waals surface area contributed by atoms with Crippen LogP contribution in [0.2, 0.25) is 0 Å². The van der Waals surface area contributed by atoms with Crippen LogP contribution >= 0.6 is 0 Å². The first-order chi connectivity index (χ1) is 9.33. The van der Waals surface area contributed by atoms with E-state index < -0.39 is 0 Å². The van der Waals surface area contributed by atoms with Gasteiger partial charge in [0, 0.05) is 11.9 Å². The average Bonchev–Trinajstić information content (AvgIpc) is 2.46. The molecular weight excluding hydrogens is 238 g/mol. The lowest BCUT2D eigenvalue weighted by atomic mass is 10.1. The molecule has 3 N–H and O–H groups in total. The number of pyridine rings is 1. The fourth-order valence-electron chi connectivity index (χ4n) is 1.90. The number of methoxy groups -OCH3 is 1. The highest BCUT2D eigenvalue weighted by molar-refractivity contribution is 5.62. The van der Waals surface area contributed by atoms with E-state index in [-0.39, 0.29) is 0 Å². The van der Waals surface area contributed by atoms with Gasteiger partial charge in [-0.05, 0) is 49.2 Å². The van der Waals surface area contributed by atoms with Crippen LogP contribution in [0.1, 0.15) is 12.0 Å². The predicted molar refractivity (Wildman–Crippen MR) is 77.9 cm³/mol. The molecule has 4 heteroatoms. The van der Waals surface area contributed by atoms with Gasteiger partial charge < -0.3 is 15.8 Å². The summed E-state index contributed by atoms with van der Waals surface area (Å²) in [4.78, 5) is 4.28. The van der Waals surface area contributed by atoms with Gasteiger partial charge in [0.2, 0.25) is 0 Å². The van der Waals surface area contributed by atoms with Crippen molar-refractivity contribution in [3.63, 3.8) is 0 Å². The number of ether oxygens (including phenoxy) is 1. The maximum atomic E-state index is 5.53. The highest BCUT2D eigenvalue weighted by Gasteiger charge is 2.03. The van der Waals surface area contributed by atoms with Crippen LogP contribution < -0.4 is 15.8 Å². The Kier molecular flexibility index (Phi) is 4.75. The van der Waals surface area contributed by atoms with Gasteiger partial charge >= 0.3 is 0 Å². The van der Waals surface area contributed by atoms with Crippen molar-refractivity contribution in [1.82, 2.24) is 4.98 Å². The second-order valence-corrected chi connectivity index (χ2v) is 4.27. The molecule has 19 heavy (non-hydrogen) atoms. The maximum Gasteiger partial charge on any atom is 0.173 e. The van der Waals surface area contributed by atoms with Crippen LogP contribution in [0.4, 0.5) is 11.5 Å². The number of nitrogens with two attached hydrogens (primary N) is 1. The standard InChI is InChI=1S/C15H19N3O/c1-19-14-8-4-10-17-15(14)18-13-7-2-5-12(11-13)6-3-9-16/h2,4-5,7-8,10-11H,3,6,9,16H2,1H3,(H,17,18). The maximum absolute atomic E-state index is 5.53. The number of nitrogens with zero attached hydrogens (tertiary/aromatic N) is 1. The molecule has 0 amide bonds. The Morgan fingerprint density at radius 3 is 2.95 bits per heavy atom. The van der Waals surface area contributed by atoms with Gasteiger partial charge in [-0.15, -0.1) is 0 Å². The molecule has 0 atom stereocenters. The molecule has 1 aromatic heterocycles. The Bertz CT molecular complexity index is 528. The highest BCUT2D eigenvalue weighted by atomic mass is 16.5. The lowest BCUT2D eigenvalue weighted by Crippen LogP contribution is -2.01. The van der Waals surface area contributed by atoms with Crippen LogP contribution in [-0.2, 0) is 6.42 Å². The number of nitrogens with one attached hydrogen (secondary N) is 1. The summed E-state index contributed by atoms with van der Waals surface area (Å²) in [6.07, 6.45) is 3.73. The van der Waals surface area contributed by atoms with E-state index in [9.17, 15) is 0 Å². The molecule has 0 fully saturated rings. The van der Waals surface area contributed by atoms with Crippen LogP contribution in [0.25, 0.3) is 0 Å². The molecule has 0 unspecified atom stereocenters. The van der Waals surface area contributed by atoms with E-state index in [2.05, 4.69) is 22.4 Å². The third-order valence-electron chi connectivity index (χ3n) is 2.85. The number of benzene rings is 1. The van der Waals surface area contributed by atoms with Crippen molar-refractivity contribution in [2.24, 2.45) is 5.73 Å². The smallest absolute Gasteiger partial charge is 0.173 e. The average molecular weight is 257 g/mol. The number of aromatic nitrogens is 1. The molecule has 0 aliphatic carbocycles. The van der Waals surface area contributed by atoms with Crippen molar-refractivity contribution in [1.29, 1.82) is 0 Å². The topological polar surface area (TPSA) is 60.2 Å². The summed E-state index contributed by atoms with van der Waals surface area (Å²) < 4.78 is 5.27. The molecule has 2 aromatic rings. The summed E-state index contributed by atoms with van der Waals surface area (Å²) in [6.45, 7) is 0.714. The summed E-state index contributed by atoms with van der Waals surface area (Å²) in [6, 6.07) is 12.0. The van der Waals surface area contributed by atoms with E-state index in [1.165, 1.54) is 5.56 Å². The monoisotopic (exact) mass is 257 g/mol. The van der Waals surface area contributed by atoms with Gasteiger partial charge in [0.05, 0.1) is 7.11 Å². The molecule has 0 spiro atoms. The Morgan fingerprint density at radius 1 is 1.26 bits per heavy atom. The van der Waals surface area contributed by atoms with Gasteiger partial charge in [-0.2, -0.15) is 0 Å². The lowest BCUT2D eigenvalue weighted by molar-refractivity contribution is 0.415. The van der Waals surface area contributed by atoms with E-state index in [1.54, 1.807) is 13.3 Å². The van der Waals surface area contributed by atoms with Crippen molar-refractivity contribution in [2.45, 2.75) is 12.8 Å². The first-order valence-corrected chi connectivity index (χ1v) is 6.38. The van der Waals surface area contributed by atoms with E-state index in [0.29, 0.717) is 6.54 Å². The quantitative estimate of drug-likeness (QED) is 0.835. The van der Waals surface area contributed by atoms with Crippen LogP contribution in [0, 0.1) is 0 Å². The zero-order valence-electron chi connectivity index (χ0n) is 11.1. The van der Waals surface area contributed by atoms with Crippen LogP contribution in [0.5, 0.6) is 5.75 Å². The minimum absolute atomic E-state index is 0.714. The first kappa shape index (κ1) is 13.4. The van der Waals surface area contributed by atoms with Gasteiger partial charge in [0.15, 0.2) is 11.6 Å². The molecular formula is C15H19N3O. The summed E-state index contributed by atoms with van der Waals surface area (Å²) in [5, 5.41) is 3.27. The van der Waals surface area contributed by atoms with Crippen molar-refractivity contribution in [2.75, 3.05) is 19.0 Å². The van der Waals surface area contributed by atoms with Crippen LogP contribution in [-0.4, -0.2) is 18.6 Å². The van der Waals surface area contributed by atoms with Gasteiger partial charge in [-0.1, -0.05) is 12.1 Å². The van der Waals surface area contributed by atoms with Crippen molar-refractivity contribution < 1.29 is 4.74 Å².